The van der Waals surface area contributed by atoms with Gasteiger partial charge in [0, 0.05) is 12.4 Å². The molecule has 0 spiro atoms. The van der Waals surface area contributed by atoms with Crippen molar-refractivity contribution in [2.24, 2.45) is 0 Å². The van der Waals surface area contributed by atoms with Crippen LogP contribution in [0.5, 0.6) is 0 Å². The van der Waals surface area contributed by atoms with Crippen LogP contribution in [-0.2, 0) is 4.79 Å². The fourth-order valence-electron chi connectivity index (χ4n) is 0.434. The van der Waals surface area contributed by atoms with Crippen molar-refractivity contribution in [1.29, 1.82) is 0 Å². The van der Waals surface area contributed by atoms with Crippen LogP contribution in [0.25, 0.3) is 0 Å². The second-order valence-electron chi connectivity index (χ2n) is 1.56. The van der Waals surface area contributed by atoms with Crippen LogP contribution >= 0.6 is 11.3 Å². The third-order valence-electron chi connectivity index (χ3n) is 0.939. The average Bonchev–Trinajstić information content (AvgIpc) is 2.37. The third kappa shape index (κ3) is 1.26. The fourth-order valence-corrected chi connectivity index (χ4v) is 1.01. The van der Waals surface area contributed by atoms with Gasteiger partial charge in [0.15, 0.2) is 0 Å². The summed E-state index contributed by atoms with van der Waals surface area (Å²) in [7, 11) is 1.67. The van der Waals surface area contributed by atoms with E-state index in [0.717, 1.165) is 6.41 Å². The highest BCUT2D eigenvalue weighted by atomic mass is 32.1. The van der Waals surface area contributed by atoms with Crippen LogP contribution in [-0.4, -0.2) is 18.4 Å². The largest absolute Gasteiger partial charge is 0.302 e. The Labute approximate surface area is 56.9 Å². The molecule has 9 heavy (non-hydrogen) atoms. The van der Waals surface area contributed by atoms with E-state index in [2.05, 4.69) is 4.98 Å². The molecule has 3 nitrogen and oxygen atoms in total. The zero-order chi connectivity index (χ0) is 6.69. The van der Waals surface area contributed by atoms with Crippen molar-refractivity contribution in [2.75, 3.05) is 11.9 Å². The molecule has 1 aromatic rings. The highest BCUT2D eigenvalue weighted by Crippen LogP contribution is 2.09. The molecular weight excluding hydrogens is 136 g/mol. The number of amides is 1. The summed E-state index contributed by atoms with van der Waals surface area (Å²) >= 11 is 1.47. The molecule has 0 aliphatic heterocycles. The van der Waals surface area contributed by atoms with Gasteiger partial charge >= 0.3 is 0 Å². The second-order valence-corrected chi connectivity index (χ2v) is 2.28. The van der Waals surface area contributed by atoms with Gasteiger partial charge in [-0.1, -0.05) is 0 Å². The smallest absolute Gasteiger partial charge is 0.215 e. The number of thiazole rings is 1. The SMILES string of the molecule is CN(C=O)c1cscn1. The van der Waals surface area contributed by atoms with Crippen LogP contribution in [0.15, 0.2) is 10.9 Å². The van der Waals surface area contributed by atoms with Crippen LogP contribution in [0.1, 0.15) is 0 Å². The summed E-state index contributed by atoms with van der Waals surface area (Å²) in [6.45, 7) is 0. The monoisotopic (exact) mass is 142 g/mol. The van der Waals surface area contributed by atoms with Crippen molar-refractivity contribution in [3.63, 3.8) is 0 Å². The standard InChI is InChI=1S/C5H6N2OS/c1-7(4-8)5-2-9-3-6-5/h2-4H,1H3. The van der Waals surface area contributed by atoms with Gasteiger partial charge in [0.25, 0.3) is 0 Å². The Morgan fingerprint density at radius 3 is 3.11 bits per heavy atom. The minimum absolute atomic E-state index is 0.704. The van der Waals surface area contributed by atoms with Crippen LogP contribution in [0.2, 0.25) is 0 Å². The first-order valence-corrected chi connectivity index (χ1v) is 3.35. The highest BCUT2D eigenvalue weighted by Gasteiger charge is 1.97. The molecule has 0 unspecified atom stereocenters. The van der Waals surface area contributed by atoms with Crippen molar-refractivity contribution in [3.05, 3.63) is 10.9 Å². The maximum Gasteiger partial charge on any atom is 0.215 e. The first kappa shape index (κ1) is 6.22. The molecule has 0 atom stereocenters. The zero-order valence-corrected chi connectivity index (χ0v) is 5.76. The van der Waals surface area contributed by atoms with Gasteiger partial charge in [0.2, 0.25) is 6.41 Å². The number of carbonyl (C=O) groups is 1. The predicted molar refractivity (Wildman–Crippen MR) is 36.6 cm³/mol. The van der Waals surface area contributed by atoms with Gasteiger partial charge in [-0.3, -0.25) is 4.79 Å². The van der Waals surface area contributed by atoms with Gasteiger partial charge < -0.3 is 4.90 Å². The fraction of sp³-hybridized carbons (Fsp3) is 0.200. The lowest BCUT2D eigenvalue weighted by Gasteiger charge is -2.03. The summed E-state index contributed by atoms with van der Waals surface area (Å²) < 4.78 is 0. The van der Waals surface area contributed by atoms with Crippen LogP contribution < -0.4 is 4.90 Å². The number of anilines is 1. The van der Waals surface area contributed by atoms with E-state index in [1.807, 2.05) is 5.38 Å². The van der Waals surface area contributed by atoms with Gasteiger partial charge in [-0.25, -0.2) is 4.98 Å². The topological polar surface area (TPSA) is 33.2 Å². The minimum atomic E-state index is 0.704. The summed E-state index contributed by atoms with van der Waals surface area (Å²) in [5, 5.41) is 1.81. The van der Waals surface area contributed by atoms with Crippen LogP contribution in [0, 0.1) is 0 Å². The van der Waals surface area contributed by atoms with Gasteiger partial charge in [-0.15, -0.1) is 11.3 Å². The number of hydrogen-bond donors (Lipinski definition) is 0. The summed E-state index contributed by atoms with van der Waals surface area (Å²) in [4.78, 5) is 15.4. The van der Waals surface area contributed by atoms with Crippen LogP contribution in [0.4, 0.5) is 5.82 Å². The summed E-state index contributed by atoms with van der Waals surface area (Å²) in [5.41, 5.74) is 1.69. The predicted octanol–water partition coefficient (Wildman–Crippen LogP) is 0.736. The molecule has 0 N–H and O–H groups in total. The summed E-state index contributed by atoms with van der Waals surface area (Å²) in [5.74, 6) is 0.704. The Hall–Kier alpha value is -0.900. The molecule has 48 valence electrons. The Balaban J connectivity index is 2.76. The minimum Gasteiger partial charge on any atom is -0.302 e. The lowest BCUT2D eigenvalue weighted by atomic mass is 10.7. The van der Waals surface area contributed by atoms with Gasteiger partial charge in [-0.2, -0.15) is 0 Å². The Kier molecular flexibility index (Phi) is 1.79. The lowest BCUT2D eigenvalue weighted by molar-refractivity contribution is -0.107. The molecule has 0 saturated heterocycles. The third-order valence-corrected chi connectivity index (χ3v) is 1.51. The molecule has 0 saturated carbocycles. The molecule has 1 rings (SSSR count). The van der Waals surface area contributed by atoms with Crippen molar-refractivity contribution >= 4 is 23.6 Å². The number of carbonyl (C=O) groups excluding carboxylic acids is 1. The molecule has 0 aromatic carbocycles. The molecule has 1 aromatic heterocycles. The van der Waals surface area contributed by atoms with E-state index in [1.54, 1.807) is 12.6 Å². The molecule has 0 aliphatic carbocycles. The molecular formula is C5H6N2OS. The Bertz CT molecular complexity index is 185. The summed E-state index contributed by atoms with van der Waals surface area (Å²) in [6, 6.07) is 0. The van der Waals surface area contributed by atoms with E-state index in [9.17, 15) is 4.79 Å². The Morgan fingerprint density at radius 2 is 2.67 bits per heavy atom. The molecule has 1 heterocycles. The molecule has 0 aliphatic rings. The number of aromatic nitrogens is 1. The zero-order valence-electron chi connectivity index (χ0n) is 4.94. The maximum absolute atomic E-state index is 10.1. The summed E-state index contributed by atoms with van der Waals surface area (Å²) in [6.07, 6.45) is 0.731. The van der Waals surface area contributed by atoms with Gasteiger partial charge in [0.05, 0.1) is 5.51 Å². The van der Waals surface area contributed by atoms with Crippen molar-refractivity contribution in [2.45, 2.75) is 0 Å². The molecule has 0 fully saturated rings. The molecule has 1 amide bonds. The number of nitrogens with zero attached hydrogens (tertiary/aromatic N) is 2. The quantitative estimate of drug-likeness (QED) is 0.570. The molecule has 0 radical (unpaired) electrons. The Morgan fingerprint density at radius 1 is 1.89 bits per heavy atom. The normalized spacial score (nSPS) is 9.00. The average molecular weight is 142 g/mol. The van der Waals surface area contributed by atoms with Crippen molar-refractivity contribution < 1.29 is 4.79 Å². The first-order valence-electron chi connectivity index (χ1n) is 2.41. The van der Waals surface area contributed by atoms with E-state index in [1.165, 1.54) is 16.2 Å². The number of rotatable bonds is 2. The van der Waals surface area contributed by atoms with E-state index in [4.69, 9.17) is 0 Å². The molecule has 4 heteroatoms. The second kappa shape index (κ2) is 2.59. The van der Waals surface area contributed by atoms with Crippen LogP contribution in [0.3, 0.4) is 0 Å². The highest BCUT2D eigenvalue weighted by molar-refractivity contribution is 7.07. The van der Waals surface area contributed by atoms with E-state index in [-0.39, 0.29) is 0 Å². The van der Waals surface area contributed by atoms with E-state index < -0.39 is 0 Å². The van der Waals surface area contributed by atoms with Gasteiger partial charge in [0.1, 0.15) is 5.82 Å². The van der Waals surface area contributed by atoms with Crippen molar-refractivity contribution in [1.82, 2.24) is 4.98 Å². The van der Waals surface area contributed by atoms with Gasteiger partial charge in [-0.05, 0) is 0 Å². The first-order chi connectivity index (χ1) is 4.34. The number of hydrogen-bond acceptors (Lipinski definition) is 3. The van der Waals surface area contributed by atoms with E-state index in [0.29, 0.717) is 5.82 Å². The lowest BCUT2D eigenvalue weighted by Crippen LogP contribution is -2.13. The maximum atomic E-state index is 10.1. The van der Waals surface area contributed by atoms with E-state index >= 15 is 0 Å². The molecule has 0 bridgehead atoms. The van der Waals surface area contributed by atoms with Crippen molar-refractivity contribution in [3.8, 4) is 0 Å².